The molecule has 2 aromatic carbocycles. The molecule has 1 fully saturated rings. The first-order valence-electron chi connectivity index (χ1n) is 10.6. The Bertz CT molecular complexity index is 1030. The predicted molar refractivity (Wildman–Crippen MR) is 120 cm³/mol. The predicted octanol–water partition coefficient (Wildman–Crippen LogP) is 4.41. The quantitative estimate of drug-likeness (QED) is 0.704. The molecule has 5 rings (SSSR count). The number of amides is 1. The van der Waals surface area contributed by atoms with Crippen molar-refractivity contribution < 1.29 is 4.79 Å². The molecule has 1 saturated heterocycles. The molecule has 152 valence electrons. The van der Waals surface area contributed by atoms with E-state index < -0.39 is 0 Å². The van der Waals surface area contributed by atoms with E-state index in [9.17, 15) is 4.79 Å². The van der Waals surface area contributed by atoms with Crippen molar-refractivity contribution in [3.8, 4) is 0 Å². The van der Waals surface area contributed by atoms with Crippen LogP contribution < -0.4 is 15.1 Å². The van der Waals surface area contributed by atoms with Crippen LogP contribution in [0, 0.1) is 0 Å². The molecule has 1 N–H and O–H groups in total. The molecule has 6 nitrogen and oxygen atoms in total. The average molecular weight is 399 g/mol. The molecular weight excluding hydrogens is 374 g/mol. The van der Waals surface area contributed by atoms with Crippen LogP contribution in [0.1, 0.15) is 35.3 Å². The van der Waals surface area contributed by atoms with E-state index in [4.69, 9.17) is 0 Å². The van der Waals surface area contributed by atoms with Crippen molar-refractivity contribution in [3.63, 3.8) is 0 Å². The first-order valence-corrected chi connectivity index (χ1v) is 10.6. The van der Waals surface area contributed by atoms with Gasteiger partial charge < -0.3 is 15.1 Å². The number of nitrogens with one attached hydrogen (secondary N) is 1. The first-order chi connectivity index (χ1) is 14.8. The minimum absolute atomic E-state index is 0.107. The lowest BCUT2D eigenvalue weighted by atomic mass is 10.1. The largest absolute Gasteiger partial charge is 0.372 e. The number of benzene rings is 2. The van der Waals surface area contributed by atoms with Crippen LogP contribution in [-0.2, 0) is 6.42 Å². The summed E-state index contributed by atoms with van der Waals surface area (Å²) in [6, 6.07) is 16.4. The summed E-state index contributed by atoms with van der Waals surface area (Å²) in [5.41, 5.74) is 4.75. The number of para-hydroxylation sites is 1. The number of fused-ring (bicyclic) bond motifs is 1. The third-order valence-corrected chi connectivity index (χ3v) is 5.86. The molecule has 0 spiro atoms. The van der Waals surface area contributed by atoms with Crippen LogP contribution in [0.25, 0.3) is 0 Å². The highest BCUT2D eigenvalue weighted by molar-refractivity contribution is 6.05. The van der Waals surface area contributed by atoms with Crippen LogP contribution in [0.15, 0.2) is 60.9 Å². The summed E-state index contributed by atoms with van der Waals surface area (Å²) >= 11 is 0. The summed E-state index contributed by atoms with van der Waals surface area (Å²) in [6.45, 7) is 2.95. The molecule has 0 radical (unpaired) electrons. The maximum atomic E-state index is 12.9. The minimum Gasteiger partial charge on any atom is -0.372 e. The summed E-state index contributed by atoms with van der Waals surface area (Å²) < 4.78 is 0. The number of carbonyl (C=O) groups is 1. The van der Waals surface area contributed by atoms with E-state index >= 15 is 0 Å². The third kappa shape index (κ3) is 3.73. The lowest BCUT2D eigenvalue weighted by molar-refractivity contribution is 0.0984. The topological polar surface area (TPSA) is 61.4 Å². The zero-order chi connectivity index (χ0) is 20.3. The van der Waals surface area contributed by atoms with Crippen molar-refractivity contribution in [3.05, 3.63) is 72.2 Å². The fourth-order valence-corrected chi connectivity index (χ4v) is 4.25. The number of anilines is 4. The molecule has 0 atom stereocenters. The van der Waals surface area contributed by atoms with Crippen molar-refractivity contribution in [2.24, 2.45) is 0 Å². The van der Waals surface area contributed by atoms with Crippen LogP contribution in [0.3, 0.4) is 0 Å². The second-order valence-corrected chi connectivity index (χ2v) is 7.84. The van der Waals surface area contributed by atoms with Gasteiger partial charge in [0.2, 0.25) is 0 Å². The number of nitrogens with zero attached hydrogens (tertiary/aromatic N) is 4. The molecule has 2 aliphatic rings. The lowest BCUT2D eigenvalue weighted by Crippen LogP contribution is -2.29. The van der Waals surface area contributed by atoms with Crippen LogP contribution in [0.4, 0.5) is 22.9 Å². The highest BCUT2D eigenvalue weighted by atomic mass is 16.2. The summed E-state index contributed by atoms with van der Waals surface area (Å²) in [6.07, 6.45) is 7.91. The molecule has 0 bridgehead atoms. The van der Waals surface area contributed by atoms with Gasteiger partial charge in [0.25, 0.3) is 5.91 Å². The van der Waals surface area contributed by atoms with E-state index in [1.54, 1.807) is 17.3 Å². The number of rotatable bonds is 4. The van der Waals surface area contributed by atoms with Gasteiger partial charge in [-0.15, -0.1) is 0 Å². The Morgan fingerprint density at radius 3 is 2.43 bits per heavy atom. The summed E-state index contributed by atoms with van der Waals surface area (Å²) in [4.78, 5) is 25.8. The maximum absolute atomic E-state index is 12.9. The molecule has 0 aliphatic carbocycles. The zero-order valence-electron chi connectivity index (χ0n) is 16.9. The monoisotopic (exact) mass is 399 g/mol. The molecule has 30 heavy (non-hydrogen) atoms. The molecule has 2 aliphatic heterocycles. The fraction of sp³-hybridized carbons (Fsp3) is 0.292. The SMILES string of the molecule is O=C(c1cnc(Nc2ccc(N3CCCCC3)cc2)cn1)N1CCc2ccccc21. The van der Waals surface area contributed by atoms with E-state index in [2.05, 4.69) is 50.5 Å². The molecule has 3 heterocycles. The molecule has 1 aromatic heterocycles. The standard InChI is InChI=1S/C24H25N5O/c30-24(29-15-12-18-6-2-3-7-22(18)29)21-16-26-23(17-25-21)27-19-8-10-20(11-9-19)28-13-4-1-5-14-28/h2-3,6-11,16-17H,1,4-5,12-15H2,(H,26,27). The summed E-state index contributed by atoms with van der Waals surface area (Å²) in [5, 5.41) is 3.27. The van der Waals surface area contributed by atoms with Gasteiger partial charge >= 0.3 is 0 Å². The van der Waals surface area contributed by atoms with Gasteiger partial charge in [0.1, 0.15) is 11.5 Å². The van der Waals surface area contributed by atoms with Gasteiger partial charge in [-0.3, -0.25) is 4.79 Å². The van der Waals surface area contributed by atoms with E-state index in [-0.39, 0.29) is 5.91 Å². The molecule has 1 amide bonds. The van der Waals surface area contributed by atoms with E-state index in [1.165, 1.54) is 30.5 Å². The minimum atomic E-state index is -0.107. The molecule has 3 aromatic rings. The Morgan fingerprint density at radius 1 is 0.867 bits per heavy atom. The van der Waals surface area contributed by atoms with Gasteiger partial charge in [-0.25, -0.2) is 9.97 Å². The number of hydrogen-bond donors (Lipinski definition) is 1. The summed E-state index contributed by atoms with van der Waals surface area (Å²) in [7, 11) is 0. The van der Waals surface area contributed by atoms with Crippen molar-refractivity contribution in [2.45, 2.75) is 25.7 Å². The Morgan fingerprint density at radius 2 is 1.67 bits per heavy atom. The van der Waals surface area contributed by atoms with E-state index in [0.717, 1.165) is 30.9 Å². The van der Waals surface area contributed by atoms with Gasteiger partial charge in [0, 0.05) is 36.7 Å². The van der Waals surface area contributed by atoms with Crippen molar-refractivity contribution in [2.75, 3.05) is 34.8 Å². The Kier molecular flexibility index (Phi) is 5.05. The number of hydrogen-bond acceptors (Lipinski definition) is 5. The number of piperidine rings is 1. The van der Waals surface area contributed by atoms with Crippen molar-refractivity contribution in [1.29, 1.82) is 0 Å². The van der Waals surface area contributed by atoms with E-state index in [1.807, 2.05) is 18.2 Å². The number of carbonyl (C=O) groups excluding carboxylic acids is 1. The second kappa shape index (κ2) is 8.14. The van der Waals surface area contributed by atoms with E-state index in [0.29, 0.717) is 18.1 Å². The summed E-state index contributed by atoms with van der Waals surface area (Å²) in [5.74, 6) is 0.518. The van der Waals surface area contributed by atoms with Crippen LogP contribution in [-0.4, -0.2) is 35.5 Å². The Hall–Kier alpha value is -3.41. The Labute approximate surface area is 176 Å². The normalized spacial score (nSPS) is 15.7. The molecule has 6 heteroatoms. The molecular formula is C24H25N5O. The zero-order valence-corrected chi connectivity index (χ0v) is 16.9. The van der Waals surface area contributed by atoms with Crippen LogP contribution in [0.2, 0.25) is 0 Å². The first kappa shape index (κ1) is 18.6. The molecule has 0 saturated carbocycles. The van der Waals surface area contributed by atoms with Gasteiger partial charge in [-0.1, -0.05) is 18.2 Å². The fourth-order valence-electron chi connectivity index (χ4n) is 4.25. The van der Waals surface area contributed by atoms with Crippen LogP contribution >= 0.6 is 0 Å². The Balaban J connectivity index is 1.25. The van der Waals surface area contributed by atoms with Crippen molar-refractivity contribution >= 4 is 28.8 Å². The van der Waals surface area contributed by atoms with Gasteiger partial charge in [-0.05, 0) is 61.6 Å². The average Bonchev–Trinajstić information content (AvgIpc) is 3.24. The second-order valence-electron chi connectivity index (χ2n) is 7.84. The van der Waals surface area contributed by atoms with Gasteiger partial charge in [0.05, 0.1) is 12.4 Å². The highest BCUT2D eigenvalue weighted by Crippen LogP contribution is 2.28. The van der Waals surface area contributed by atoms with Gasteiger partial charge in [0.15, 0.2) is 0 Å². The van der Waals surface area contributed by atoms with Gasteiger partial charge in [-0.2, -0.15) is 0 Å². The number of aromatic nitrogens is 2. The highest BCUT2D eigenvalue weighted by Gasteiger charge is 2.26. The smallest absolute Gasteiger partial charge is 0.278 e. The van der Waals surface area contributed by atoms with Crippen molar-refractivity contribution in [1.82, 2.24) is 9.97 Å². The lowest BCUT2D eigenvalue weighted by Gasteiger charge is -2.28. The molecule has 0 unspecified atom stereocenters. The third-order valence-electron chi connectivity index (χ3n) is 5.86. The van der Waals surface area contributed by atoms with Crippen LogP contribution in [0.5, 0.6) is 0 Å². The maximum Gasteiger partial charge on any atom is 0.278 e.